The Morgan fingerprint density at radius 1 is 1.47 bits per heavy atom. The van der Waals surface area contributed by atoms with Gasteiger partial charge in [0.25, 0.3) is 5.34 Å². The molecule has 178 valence electrons. The van der Waals surface area contributed by atoms with Crippen molar-refractivity contribution >= 4 is 42.1 Å². The fourth-order valence-corrected chi connectivity index (χ4v) is 4.72. The van der Waals surface area contributed by atoms with Crippen molar-refractivity contribution in [3.63, 3.8) is 0 Å². The van der Waals surface area contributed by atoms with Crippen molar-refractivity contribution in [1.82, 2.24) is 19.5 Å². The first-order valence-corrected chi connectivity index (χ1v) is 11.4. The quantitative estimate of drug-likeness (QED) is 0.225. The number of ether oxygens (including phenoxy) is 3. The fourth-order valence-electron chi connectivity index (χ4n) is 3.46. The van der Waals surface area contributed by atoms with Gasteiger partial charge < -0.3 is 34.8 Å². The van der Waals surface area contributed by atoms with Crippen molar-refractivity contribution in [1.29, 1.82) is 0 Å². The summed E-state index contributed by atoms with van der Waals surface area (Å²) in [7, 11) is -4.24. The van der Waals surface area contributed by atoms with Crippen molar-refractivity contribution in [2.75, 3.05) is 19.5 Å². The minimum atomic E-state index is -5.18. The number of carbonyl (C=O) groups is 1. The first-order chi connectivity index (χ1) is 15.0. The van der Waals surface area contributed by atoms with Gasteiger partial charge in [0, 0.05) is 0 Å². The van der Waals surface area contributed by atoms with Crippen LogP contribution in [0.3, 0.4) is 0 Å². The Bertz CT molecular complexity index is 1050. The second-order valence-electron chi connectivity index (χ2n) is 7.08. The number of esters is 1. The number of hydrogen-bond acceptors (Lipinski definition) is 10. The zero-order valence-electron chi connectivity index (χ0n) is 17.0. The number of hydrogen-bond donors (Lipinski definition) is 4. The lowest BCUT2D eigenvalue weighted by atomic mass is 10.1. The number of aliphatic hydroxyl groups is 1. The summed E-state index contributed by atoms with van der Waals surface area (Å²) in [4.78, 5) is 43.5. The summed E-state index contributed by atoms with van der Waals surface area (Å²) in [5.74, 6) is -1.34. The van der Waals surface area contributed by atoms with Gasteiger partial charge >= 0.3 is 13.6 Å². The van der Waals surface area contributed by atoms with Crippen LogP contribution in [0.15, 0.2) is 6.33 Å². The molecular weight excluding hydrogens is 476 g/mol. The maximum absolute atomic E-state index is 14.9. The Morgan fingerprint density at radius 3 is 2.75 bits per heavy atom. The van der Waals surface area contributed by atoms with Gasteiger partial charge in [-0.25, -0.2) is 14.2 Å². The predicted molar refractivity (Wildman–Crippen MR) is 107 cm³/mol. The van der Waals surface area contributed by atoms with E-state index in [1.165, 1.54) is 6.33 Å². The van der Waals surface area contributed by atoms with Crippen molar-refractivity contribution in [3.05, 3.63) is 11.6 Å². The lowest BCUT2D eigenvalue weighted by molar-refractivity contribution is -0.167. The highest BCUT2D eigenvalue weighted by Gasteiger charge is 2.57. The molecule has 1 unspecified atom stereocenters. The number of aromatic nitrogens is 4. The van der Waals surface area contributed by atoms with Crippen molar-refractivity contribution < 1.29 is 42.9 Å². The molecule has 5 atom stereocenters. The summed E-state index contributed by atoms with van der Waals surface area (Å²) in [5, 5.41) is 7.49. The molecule has 3 heterocycles. The summed E-state index contributed by atoms with van der Waals surface area (Å²) >= 11 is 5.80. The molecule has 2 aromatic heterocycles. The van der Waals surface area contributed by atoms with E-state index >= 15 is 0 Å². The molecule has 3 rings (SSSR count). The zero-order chi connectivity index (χ0) is 23.8. The van der Waals surface area contributed by atoms with Crippen LogP contribution in [0, 0.1) is 0 Å². The molecule has 13 nitrogen and oxygen atoms in total. The summed E-state index contributed by atoms with van der Waals surface area (Å²) in [6.07, 6.45) is -5.66. The molecule has 1 aliphatic rings. The molecular formula is C16H22ClFN5O8P. The number of anilines is 1. The number of methoxy groups -OCH3 is 1. The Labute approximate surface area is 185 Å². The molecule has 1 fully saturated rings. The molecule has 5 N–H and O–H groups in total. The van der Waals surface area contributed by atoms with E-state index in [-0.39, 0.29) is 35.1 Å². The van der Waals surface area contributed by atoms with Crippen LogP contribution in [0.4, 0.5) is 10.2 Å². The van der Waals surface area contributed by atoms with E-state index in [0.29, 0.717) is 0 Å². The van der Waals surface area contributed by atoms with Crippen LogP contribution in [0.2, 0.25) is 5.28 Å². The van der Waals surface area contributed by atoms with Crippen molar-refractivity contribution in [2.45, 2.75) is 49.7 Å². The topological polar surface area (TPSA) is 192 Å². The maximum atomic E-state index is 14.9. The third kappa shape index (κ3) is 4.19. The van der Waals surface area contributed by atoms with Crippen LogP contribution in [-0.2, 0) is 23.6 Å². The second-order valence-corrected chi connectivity index (χ2v) is 9.23. The van der Waals surface area contributed by atoms with E-state index in [1.807, 2.05) is 0 Å². The number of alkyl halides is 1. The van der Waals surface area contributed by atoms with Gasteiger partial charge in [-0.05, 0) is 18.0 Å². The molecule has 0 saturated carbocycles. The molecule has 0 amide bonds. The summed E-state index contributed by atoms with van der Waals surface area (Å²) in [5.41, 5.74) is 5.91. The maximum Gasteiger partial charge on any atom is 0.368 e. The third-order valence-electron chi connectivity index (χ3n) is 5.04. The summed E-state index contributed by atoms with van der Waals surface area (Å²) in [6, 6.07) is 0. The van der Waals surface area contributed by atoms with E-state index < -0.39 is 50.1 Å². The van der Waals surface area contributed by atoms with Crippen LogP contribution in [-0.4, -0.2) is 77.8 Å². The molecule has 0 bridgehead atoms. The first kappa shape index (κ1) is 24.7. The van der Waals surface area contributed by atoms with Gasteiger partial charge in [0.05, 0.1) is 20.0 Å². The average molecular weight is 498 g/mol. The second kappa shape index (κ2) is 9.14. The minimum absolute atomic E-state index is 0.0448. The number of rotatable bonds is 8. The van der Waals surface area contributed by atoms with Crippen LogP contribution in [0.1, 0.15) is 26.0 Å². The van der Waals surface area contributed by atoms with E-state index in [2.05, 4.69) is 19.7 Å². The smallest absolute Gasteiger partial charge is 0.368 e. The van der Waals surface area contributed by atoms with Crippen LogP contribution >= 0.6 is 19.2 Å². The SMILES string of the molecule is CCCC(OC[C@H]1O[C@@H](n2cnc3c(N)nc(Cl)nc32)[C@@H](F)[C@@H]1O)(C(=O)OC)P(=O)(O)O. The average Bonchev–Trinajstić information content (AvgIpc) is 3.25. The van der Waals surface area contributed by atoms with E-state index in [4.69, 9.17) is 26.8 Å². The predicted octanol–water partition coefficient (Wildman–Crippen LogP) is 0.522. The Hall–Kier alpha value is -1.93. The molecule has 0 radical (unpaired) electrons. The highest BCUT2D eigenvalue weighted by atomic mass is 35.5. The van der Waals surface area contributed by atoms with Crippen LogP contribution in [0.5, 0.6) is 0 Å². The number of nitrogens with two attached hydrogens (primary N) is 1. The van der Waals surface area contributed by atoms with E-state index in [9.17, 15) is 28.6 Å². The molecule has 1 aliphatic heterocycles. The standard InChI is InChI=1S/C16H22ClFN5O8P/c1-3-4-16(14(25)29-2,32(26,27)28)30-5-7-10(24)8(18)13(31-7)23-6-20-9-11(19)21-15(17)22-12(9)23/h6-8,10,13,24H,3-5H2,1-2H3,(H2,19,21,22)(H2,26,27,28)/t7-,8+,10-,13-,16?/m1/s1. The van der Waals surface area contributed by atoms with Crippen molar-refractivity contribution in [2.24, 2.45) is 0 Å². The number of imidazole rings is 1. The van der Waals surface area contributed by atoms with Crippen LogP contribution in [0.25, 0.3) is 11.2 Å². The van der Waals surface area contributed by atoms with Gasteiger partial charge in [-0.1, -0.05) is 13.3 Å². The molecule has 0 aliphatic carbocycles. The summed E-state index contributed by atoms with van der Waals surface area (Å²) in [6.45, 7) is 0.858. The normalized spacial score (nSPS) is 25.7. The number of fused-ring (bicyclic) bond motifs is 1. The van der Waals surface area contributed by atoms with Gasteiger partial charge in [-0.2, -0.15) is 9.97 Å². The Morgan fingerprint density at radius 2 is 2.16 bits per heavy atom. The van der Waals surface area contributed by atoms with Gasteiger partial charge in [-0.3, -0.25) is 9.13 Å². The van der Waals surface area contributed by atoms with Gasteiger partial charge in [0.15, 0.2) is 23.9 Å². The van der Waals surface area contributed by atoms with Gasteiger partial charge in [0.1, 0.15) is 17.7 Å². The van der Waals surface area contributed by atoms with Crippen LogP contribution < -0.4 is 5.73 Å². The Balaban J connectivity index is 1.87. The molecule has 0 spiro atoms. The van der Waals surface area contributed by atoms with E-state index in [0.717, 1.165) is 11.7 Å². The zero-order valence-corrected chi connectivity index (χ0v) is 18.6. The first-order valence-electron chi connectivity index (χ1n) is 9.38. The fraction of sp³-hybridized carbons (Fsp3) is 0.625. The summed E-state index contributed by atoms with van der Waals surface area (Å²) < 4.78 is 43.5. The number of nitrogen functional groups attached to an aromatic ring is 1. The van der Waals surface area contributed by atoms with E-state index in [1.54, 1.807) is 6.92 Å². The molecule has 2 aromatic rings. The molecule has 32 heavy (non-hydrogen) atoms. The number of aliphatic hydroxyl groups excluding tert-OH is 1. The highest BCUT2D eigenvalue weighted by molar-refractivity contribution is 7.54. The minimum Gasteiger partial charge on any atom is -0.466 e. The highest BCUT2D eigenvalue weighted by Crippen LogP contribution is 2.55. The number of halogens is 2. The number of nitrogens with zero attached hydrogens (tertiary/aromatic N) is 4. The lowest BCUT2D eigenvalue weighted by Gasteiger charge is -2.32. The lowest BCUT2D eigenvalue weighted by Crippen LogP contribution is -2.45. The Kier molecular flexibility index (Phi) is 7.05. The van der Waals surface area contributed by atoms with Gasteiger partial charge in [0.2, 0.25) is 5.28 Å². The molecule has 0 aromatic carbocycles. The largest absolute Gasteiger partial charge is 0.466 e. The molecule has 16 heteroatoms. The monoisotopic (exact) mass is 497 g/mol. The number of carbonyl (C=O) groups excluding carboxylic acids is 1. The van der Waals surface area contributed by atoms with Crippen molar-refractivity contribution in [3.8, 4) is 0 Å². The molecule has 1 saturated heterocycles. The van der Waals surface area contributed by atoms with Gasteiger partial charge in [-0.15, -0.1) is 0 Å². The third-order valence-corrected chi connectivity index (χ3v) is 6.68.